The third kappa shape index (κ3) is 3.32. The Hall–Kier alpha value is -3.48. The molecule has 0 aliphatic carbocycles. The van der Waals surface area contributed by atoms with Crippen LogP contribution in [0.2, 0.25) is 0 Å². The number of hydrogen-bond acceptors (Lipinski definition) is 4. The topological polar surface area (TPSA) is 92.5 Å². The Labute approximate surface area is 149 Å². The maximum Gasteiger partial charge on any atom is 0.268 e. The smallest absolute Gasteiger partial charge is 0.268 e. The van der Waals surface area contributed by atoms with E-state index in [0.717, 1.165) is 10.9 Å². The maximum atomic E-state index is 12.2. The van der Waals surface area contributed by atoms with Crippen LogP contribution in [0, 0.1) is 0 Å². The van der Waals surface area contributed by atoms with Crippen molar-refractivity contribution in [3.63, 3.8) is 0 Å². The molecule has 0 spiro atoms. The van der Waals surface area contributed by atoms with Crippen molar-refractivity contribution in [3.8, 4) is 11.5 Å². The van der Waals surface area contributed by atoms with Crippen molar-refractivity contribution in [2.24, 2.45) is 0 Å². The lowest BCUT2D eigenvalue weighted by molar-refractivity contribution is -0.115. The highest BCUT2D eigenvalue weighted by atomic mass is 16.6. The number of benzene rings is 2. The fourth-order valence-electron chi connectivity index (χ4n) is 2.78. The van der Waals surface area contributed by atoms with Gasteiger partial charge in [0.2, 0.25) is 5.91 Å². The molecular weight excluding hydrogens is 334 g/mol. The zero-order chi connectivity index (χ0) is 17.9. The van der Waals surface area contributed by atoms with Crippen molar-refractivity contribution >= 4 is 28.4 Å². The monoisotopic (exact) mass is 351 g/mol. The van der Waals surface area contributed by atoms with Crippen LogP contribution < -0.4 is 20.1 Å². The van der Waals surface area contributed by atoms with Crippen LogP contribution in [0.25, 0.3) is 10.9 Å². The number of anilines is 1. The number of carbonyl (C=O) groups excluding carboxylic acids is 2. The Morgan fingerprint density at radius 1 is 1.00 bits per heavy atom. The van der Waals surface area contributed by atoms with Gasteiger partial charge in [0.1, 0.15) is 18.9 Å². The van der Waals surface area contributed by atoms with E-state index in [1.807, 2.05) is 24.3 Å². The van der Waals surface area contributed by atoms with E-state index in [1.165, 1.54) is 0 Å². The van der Waals surface area contributed by atoms with E-state index in [4.69, 9.17) is 9.47 Å². The van der Waals surface area contributed by atoms with Crippen molar-refractivity contribution in [1.82, 2.24) is 10.3 Å². The van der Waals surface area contributed by atoms with E-state index >= 15 is 0 Å². The molecule has 3 N–H and O–H groups in total. The Kier molecular flexibility index (Phi) is 4.18. The molecule has 7 nitrogen and oxygen atoms in total. The van der Waals surface area contributed by atoms with Crippen LogP contribution in [-0.4, -0.2) is 36.6 Å². The highest BCUT2D eigenvalue weighted by Crippen LogP contribution is 2.32. The highest BCUT2D eigenvalue weighted by molar-refractivity contribution is 6.01. The minimum atomic E-state index is -0.335. The Morgan fingerprint density at radius 2 is 1.81 bits per heavy atom. The molecule has 0 bridgehead atoms. The summed E-state index contributed by atoms with van der Waals surface area (Å²) in [6.07, 6.45) is 0. The van der Waals surface area contributed by atoms with Gasteiger partial charge in [0.15, 0.2) is 11.5 Å². The molecule has 0 atom stereocenters. The van der Waals surface area contributed by atoms with Gasteiger partial charge in [0.05, 0.1) is 6.54 Å². The number of H-pyrrole nitrogens is 1. The summed E-state index contributed by atoms with van der Waals surface area (Å²) in [6, 6.07) is 14.5. The molecule has 7 heteroatoms. The summed E-state index contributed by atoms with van der Waals surface area (Å²) in [6.45, 7) is 0.853. The molecule has 26 heavy (non-hydrogen) atoms. The largest absolute Gasteiger partial charge is 0.486 e. The first-order valence-corrected chi connectivity index (χ1v) is 8.24. The van der Waals surface area contributed by atoms with E-state index in [1.54, 1.807) is 24.3 Å². The summed E-state index contributed by atoms with van der Waals surface area (Å²) in [7, 11) is 0. The molecule has 2 amide bonds. The van der Waals surface area contributed by atoms with Gasteiger partial charge >= 0.3 is 0 Å². The summed E-state index contributed by atoms with van der Waals surface area (Å²) in [4.78, 5) is 27.3. The van der Waals surface area contributed by atoms with Crippen molar-refractivity contribution < 1.29 is 19.1 Å². The number of para-hydroxylation sites is 1. The Morgan fingerprint density at radius 3 is 2.65 bits per heavy atom. The van der Waals surface area contributed by atoms with E-state index < -0.39 is 0 Å². The van der Waals surface area contributed by atoms with Gasteiger partial charge in [0.25, 0.3) is 5.91 Å². The number of aromatic nitrogens is 1. The molecule has 2 aromatic carbocycles. The molecule has 3 aromatic rings. The Bertz CT molecular complexity index is 947. The second kappa shape index (κ2) is 6.79. The predicted molar refractivity (Wildman–Crippen MR) is 96.7 cm³/mol. The van der Waals surface area contributed by atoms with Crippen LogP contribution in [0.4, 0.5) is 5.69 Å². The number of ether oxygens (including phenoxy) is 2. The van der Waals surface area contributed by atoms with Crippen LogP contribution in [-0.2, 0) is 4.79 Å². The number of hydrogen-bond donors (Lipinski definition) is 3. The van der Waals surface area contributed by atoms with E-state index in [-0.39, 0.29) is 18.4 Å². The number of fused-ring (bicyclic) bond motifs is 2. The summed E-state index contributed by atoms with van der Waals surface area (Å²) < 4.78 is 10.9. The van der Waals surface area contributed by atoms with Gasteiger partial charge in [-0.2, -0.15) is 0 Å². The molecule has 1 aliphatic heterocycles. The first-order valence-electron chi connectivity index (χ1n) is 8.24. The molecule has 4 rings (SSSR count). The summed E-state index contributed by atoms with van der Waals surface area (Å²) in [5.74, 6) is 0.585. The molecule has 0 saturated heterocycles. The molecule has 2 heterocycles. The van der Waals surface area contributed by atoms with Crippen LogP contribution >= 0.6 is 0 Å². The molecule has 0 radical (unpaired) electrons. The van der Waals surface area contributed by atoms with Crippen LogP contribution in [0.5, 0.6) is 11.5 Å². The average Bonchev–Trinajstić information content (AvgIpc) is 3.10. The second-order valence-corrected chi connectivity index (χ2v) is 5.86. The third-order valence-corrected chi connectivity index (χ3v) is 4.01. The number of rotatable bonds is 4. The van der Waals surface area contributed by atoms with Crippen LogP contribution in [0.1, 0.15) is 10.5 Å². The molecule has 0 fully saturated rings. The second-order valence-electron chi connectivity index (χ2n) is 5.86. The number of nitrogens with one attached hydrogen (secondary N) is 3. The fourth-order valence-corrected chi connectivity index (χ4v) is 2.78. The van der Waals surface area contributed by atoms with Crippen molar-refractivity contribution in [1.29, 1.82) is 0 Å². The summed E-state index contributed by atoms with van der Waals surface area (Å²) >= 11 is 0. The number of aromatic amines is 1. The maximum absolute atomic E-state index is 12.2. The molecule has 1 aromatic heterocycles. The third-order valence-electron chi connectivity index (χ3n) is 4.01. The van der Waals surface area contributed by atoms with Gasteiger partial charge in [-0.15, -0.1) is 0 Å². The van der Waals surface area contributed by atoms with Gasteiger partial charge in [-0.1, -0.05) is 18.2 Å². The van der Waals surface area contributed by atoms with Crippen molar-refractivity contribution in [2.75, 3.05) is 25.1 Å². The molecule has 132 valence electrons. The zero-order valence-electron chi connectivity index (χ0n) is 13.9. The van der Waals surface area contributed by atoms with Crippen LogP contribution in [0.3, 0.4) is 0 Å². The quantitative estimate of drug-likeness (QED) is 0.672. The normalized spacial score (nSPS) is 12.6. The van der Waals surface area contributed by atoms with E-state index in [0.29, 0.717) is 36.1 Å². The lowest BCUT2D eigenvalue weighted by atomic mass is 10.2. The van der Waals surface area contributed by atoms with Crippen LogP contribution in [0.15, 0.2) is 48.5 Å². The van der Waals surface area contributed by atoms with E-state index in [9.17, 15) is 9.59 Å². The SMILES string of the molecule is O=C(CNC(=O)c1cc2ccccc2[nH]1)Nc1ccc2c(c1)OCCO2. The minimum absolute atomic E-state index is 0.136. The number of carbonyl (C=O) groups is 2. The molecule has 0 saturated carbocycles. The first-order chi connectivity index (χ1) is 12.7. The lowest BCUT2D eigenvalue weighted by Gasteiger charge is -2.19. The molecule has 1 aliphatic rings. The summed E-state index contributed by atoms with van der Waals surface area (Å²) in [5.41, 5.74) is 1.87. The molecular formula is C19H17N3O4. The standard InChI is InChI=1S/C19H17N3O4/c23-18(21-13-5-6-16-17(10-13)26-8-7-25-16)11-20-19(24)15-9-12-3-1-2-4-14(12)22-15/h1-6,9-10,22H,7-8,11H2,(H,20,24)(H,21,23). The van der Waals surface area contributed by atoms with Gasteiger partial charge in [0, 0.05) is 22.7 Å². The molecule has 0 unspecified atom stereocenters. The van der Waals surface area contributed by atoms with Crippen molar-refractivity contribution in [3.05, 3.63) is 54.2 Å². The fraction of sp³-hybridized carbons (Fsp3) is 0.158. The zero-order valence-corrected chi connectivity index (χ0v) is 13.9. The van der Waals surface area contributed by atoms with E-state index in [2.05, 4.69) is 15.6 Å². The van der Waals surface area contributed by atoms with Gasteiger partial charge < -0.3 is 25.1 Å². The van der Waals surface area contributed by atoms with Gasteiger partial charge in [-0.05, 0) is 24.3 Å². The average molecular weight is 351 g/mol. The predicted octanol–water partition coefficient (Wildman–Crippen LogP) is 2.31. The summed E-state index contributed by atoms with van der Waals surface area (Å²) in [5, 5.41) is 6.27. The highest BCUT2D eigenvalue weighted by Gasteiger charge is 2.14. The first kappa shape index (κ1) is 16.0. The van der Waals surface area contributed by atoms with Gasteiger partial charge in [-0.25, -0.2) is 0 Å². The number of amides is 2. The minimum Gasteiger partial charge on any atom is -0.486 e. The Balaban J connectivity index is 1.35. The van der Waals surface area contributed by atoms with Gasteiger partial charge in [-0.3, -0.25) is 9.59 Å². The van der Waals surface area contributed by atoms with Crippen molar-refractivity contribution in [2.45, 2.75) is 0 Å². The lowest BCUT2D eigenvalue weighted by Crippen LogP contribution is -2.33.